The second kappa shape index (κ2) is 9.65. The van der Waals surface area contributed by atoms with Crippen molar-refractivity contribution < 1.29 is 23.0 Å². The van der Waals surface area contributed by atoms with Crippen molar-refractivity contribution in [2.75, 3.05) is 7.05 Å². The van der Waals surface area contributed by atoms with Gasteiger partial charge in [-0.3, -0.25) is 4.79 Å². The highest BCUT2D eigenvalue weighted by Crippen LogP contribution is 2.24. The molecule has 0 saturated carbocycles. The number of hydrogen-bond acceptors (Lipinski definition) is 6. The van der Waals surface area contributed by atoms with E-state index in [1.807, 2.05) is 0 Å². The van der Waals surface area contributed by atoms with Crippen LogP contribution in [-0.4, -0.2) is 27.7 Å². The number of pyridine rings is 1. The smallest absolute Gasteiger partial charge is 0.414 e. The first kappa shape index (κ1) is 22.3. The molecule has 0 saturated heterocycles. The molecule has 162 valence electrons. The lowest BCUT2D eigenvalue weighted by Crippen LogP contribution is -2.25. The van der Waals surface area contributed by atoms with E-state index in [-0.39, 0.29) is 34.9 Å². The molecule has 31 heavy (non-hydrogen) atoms. The minimum Gasteiger partial charge on any atom is -0.487 e. The Kier molecular flexibility index (Phi) is 6.95. The Bertz CT molecular complexity index is 1190. The van der Waals surface area contributed by atoms with E-state index in [1.165, 1.54) is 23.9 Å². The standard InChI is InChI=1S/C20H17BrF2N4O4/c1-11-7-16(30-10-12-3-4-13(22)8-15(12)23)17(21)18(28)27(11)9-14-5-6-25-19(26-14)31-20(29)24-2/h3-8H,9-10H2,1-2H3,(H,24,29). The first-order chi connectivity index (χ1) is 14.8. The molecule has 0 radical (unpaired) electrons. The van der Waals surface area contributed by atoms with E-state index in [1.54, 1.807) is 19.1 Å². The molecule has 0 bridgehead atoms. The SMILES string of the molecule is CNC(=O)Oc1nccc(Cn2c(C)cc(OCc3ccc(F)cc3F)c(Br)c2=O)n1. The van der Waals surface area contributed by atoms with Gasteiger partial charge in [-0.15, -0.1) is 0 Å². The predicted octanol–water partition coefficient (Wildman–Crippen LogP) is 3.33. The summed E-state index contributed by atoms with van der Waals surface area (Å²) in [5, 5.41) is 2.29. The summed E-state index contributed by atoms with van der Waals surface area (Å²) in [6.45, 7) is 1.60. The maximum Gasteiger partial charge on any atom is 0.414 e. The molecule has 1 amide bonds. The molecule has 0 fully saturated rings. The molecule has 11 heteroatoms. The number of aromatic nitrogens is 3. The zero-order valence-corrected chi connectivity index (χ0v) is 18.1. The van der Waals surface area contributed by atoms with E-state index < -0.39 is 23.3 Å². The number of aryl methyl sites for hydroxylation is 1. The topological polar surface area (TPSA) is 95.3 Å². The van der Waals surface area contributed by atoms with Crippen LogP contribution in [0.15, 0.2) is 45.8 Å². The van der Waals surface area contributed by atoms with Crippen LogP contribution in [0.2, 0.25) is 0 Å². The summed E-state index contributed by atoms with van der Waals surface area (Å²) in [5.74, 6) is -1.21. The number of nitrogens with zero attached hydrogens (tertiary/aromatic N) is 3. The maximum atomic E-state index is 13.8. The lowest BCUT2D eigenvalue weighted by atomic mass is 10.2. The van der Waals surface area contributed by atoms with E-state index in [9.17, 15) is 18.4 Å². The maximum absolute atomic E-state index is 13.8. The molecule has 1 aromatic carbocycles. The van der Waals surface area contributed by atoms with Gasteiger partial charge in [0.15, 0.2) is 0 Å². The van der Waals surface area contributed by atoms with Crippen LogP contribution in [0, 0.1) is 18.6 Å². The van der Waals surface area contributed by atoms with Gasteiger partial charge in [-0.05, 0) is 41.1 Å². The minimum atomic E-state index is -0.736. The van der Waals surface area contributed by atoms with Gasteiger partial charge in [-0.25, -0.2) is 18.6 Å². The van der Waals surface area contributed by atoms with Crippen molar-refractivity contribution in [2.24, 2.45) is 0 Å². The molecule has 0 aliphatic carbocycles. The number of rotatable bonds is 6. The fourth-order valence-corrected chi connectivity index (χ4v) is 3.06. The normalized spacial score (nSPS) is 10.6. The zero-order chi connectivity index (χ0) is 22.5. The fraction of sp³-hybridized carbons (Fsp3) is 0.200. The van der Waals surface area contributed by atoms with E-state index >= 15 is 0 Å². The van der Waals surface area contributed by atoms with Crippen molar-refractivity contribution in [2.45, 2.75) is 20.1 Å². The number of nitrogens with one attached hydrogen (secondary N) is 1. The third-order valence-electron chi connectivity index (χ3n) is 4.21. The molecule has 3 rings (SSSR count). The summed E-state index contributed by atoms with van der Waals surface area (Å²) in [6, 6.07) is 6.21. The van der Waals surface area contributed by atoms with Gasteiger partial charge < -0.3 is 19.4 Å². The van der Waals surface area contributed by atoms with Crippen molar-refractivity contribution in [3.63, 3.8) is 0 Å². The van der Waals surface area contributed by atoms with Crippen molar-refractivity contribution >= 4 is 22.0 Å². The number of carbonyl (C=O) groups is 1. The third-order valence-corrected chi connectivity index (χ3v) is 4.94. The van der Waals surface area contributed by atoms with Gasteiger partial charge in [-0.2, -0.15) is 4.98 Å². The van der Waals surface area contributed by atoms with E-state index in [0.29, 0.717) is 11.4 Å². The predicted molar refractivity (Wildman–Crippen MR) is 110 cm³/mol. The molecular formula is C20H17BrF2N4O4. The number of carbonyl (C=O) groups excluding carboxylic acids is 1. The van der Waals surface area contributed by atoms with Crippen LogP contribution in [0.4, 0.5) is 13.6 Å². The highest BCUT2D eigenvalue weighted by Gasteiger charge is 2.15. The molecule has 0 spiro atoms. The van der Waals surface area contributed by atoms with Gasteiger partial charge in [0.05, 0.1) is 12.2 Å². The van der Waals surface area contributed by atoms with Gasteiger partial charge in [0, 0.05) is 36.6 Å². The van der Waals surface area contributed by atoms with Crippen molar-refractivity contribution in [1.82, 2.24) is 19.9 Å². The van der Waals surface area contributed by atoms with Crippen LogP contribution in [-0.2, 0) is 13.2 Å². The number of halogens is 3. The zero-order valence-electron chi connectivity index (χ0n) is 16.5. The Hall–Kier alpha value is -3.34. The molecule has 0 aliphatic heterocycles. The summed E-state index contributed by atoms with van der Waals surface area (Å²) < 4.78 is 38.9. The van der Waals surface area contributed by atoms with Crippen molar-refractivity contribution in [3.05, 3.63) is 79.9 Å². The molecule has 2 heterocycles. The molecule has 3 aromatic rings. The third kappa shape index (κ3) is 5.43. The van der Waals surface area contributed by atoms with Crippen LogP contribution >= 0.6 is 15.9 Å². The number of hydrogen-bond donors (Lipinski definition) is 1. The van der Waals surface area contributed by atoms with Crippen LogP contribution in [0.5, 0.6) is 11.8 Å². The summed E-state index contributed by atoms with van der Waals surface area (Å²) in [4.78, 5) is 32.1. The minimum absolute atomic E-state index is 0.0861. The first-order valence-electron chi connectivity index (χ1n) is 8.96. The van der Waals surface area contributed by atoms with Crippen molar-refractivity contribution in [1.29, 1.82) is 0 Å². The monoisotopic (exact) mass is 494 g/mol. The average molecular weight is 495 g/mol. The fourth-order valence-electron chi connectivity index (χ4n) is 2.62. The number of benzene rings is 1. The largest absolute Gasteiger partial charge is 0.487 e. The summed E-state index contributed by atoms with van der Waals surface area (Å²) in [6.07, 6.45) is 0.692. The molecular weight excluding hydrogens is 478 g/mol. The Morgan fingerprint density at radius 3 is 2.74 bits per heavy atom. The number of amides is 1. The second-order valence-electron chi connectivity index (χ2n) is 6.35. The lowest BCUT2D eigenvalue weighted by Gasteiger charge is -2.15. The van der Waals surface area contributed by atoms with Crippen LogP contribution in [0.25, 0.3) is 0 Å². The van der Waals surface area contributed by atoms with Crippen LogP contribution < -0.4 is 20.3 Å². The van der Waals surface area contributed by atoms with Gasteiger partial charge in [0.1, 0.15) is 28.5 Å². The summed E-state index contributed by atoms with van der Waals surface area (Å²) >= 11 is 3.22. The Balaban J connectivity index is 1.81. The van der Waals surface area contributed by atoms with Gasteiger partial charge in [0.25, 0.3) is 5.56 Å². The molecule has 1 N–H and O–H groups in total. The Morgan fingerprint density at radius 2 is 2.03 bits per heavy atom. The molecule has 0 aliphatic rings. The van der Waals surface area contributed by atoms with E-state index in [2.05, 4.69) is 31.2 Å². The van der Waals surface area contributed by atoms with Gasteiger partial charge >= 0.3 is 12.1 Å². The lowest BCUT2D eigenvalue weighted by molar-refractivity contribution is 0.198. The van der Waals surface area contributed by atoms with Crippen molar-refractivity contribution in [3.8, 4) is 11.8 Å². The Labute approximate surface area is 184 Å². The molecule has 0 atom stereocenters. The molecule has 2 aromatic heterocycles. The highest BCUT2D eigenvalue weighted by molar-refractivity contribution is 9.10. The summed E-state index contributed by atoms with van der Waals surface area (Å²) in [5.41, 5.74) is 0.741. The Morgan fingerprint density at radius 1 is 1.26 bits per heavy atom. The summed E-state index contributed by atoms with van der Waals surface area (Å²) in [7, 11) is 1.40. The van der Waals surface area contributed by atoms with E-state index in [4.69, 9.17) is 9.47 Å². The number of ether oxygens (including phenoxy) is 2. The van der Waals surface area contributed by atoms with Gasteiger partial charge in [0.2, 0.25) is 0 Å². The quantitative estimate of drug-likeness (QED) is 0.564. The molecule has 0 unspecified atom stereocenters. The molecule has 8 nitrogen and oxygen atoms in total. The highest BCUT2D eigenvalue weighted by atomic mass is 79.9. The average Bonchev–Trinajstić information content (AvgIpc) is 2.74. The van der Waals surface area contributed by atoms with E-state index in [0.717, 1.165) is 12.1 Å². The van der Waals surface area contributed by atoms with Gasteiger partial charge in [-0.1, -0.05) is 0 Å². The van der Waals surface area contributed by atoms with Crippen LogP contribution in [0.1, 0.15) is 17.0 Å². The van der Waals surface area contributed by atoms with Crippen LogP contribution in [0.3, 0.4) is 0 Å². The second-order valence-corrected chi connectivity index (χ2v) is 7.14. The first-order valence-corrected chi connectivity index (χ1v) is 9.76.